The second kappa shape index (κ2) is 7.94. The molecule has 0 aromatic heterocycles. The van der Waals surface area contributed by atoms with E-state index in [1.807, 2.05) is 41.3 Å². The van der Waals surface area contributed by atoms with Crippen molar-refractivity contribution in [1.82, 2.24) is 10.2 Å². The summed E-state index contributed by atoms with van der Waals surface area (Å²) in [4.78, 5) is 27.4. The topological polar surface area (TPSA) is 75.4 Å². The summed E-state index contributed by atoms with van der Waals surface area (Å²) in [5.41, 5.74) is 7.84. The van der Waals surface area contributed by atoms with Gasteiger partial charge in [-0.15, -0.1) is 0 Å². The van der Waals surface area contributed by atoms with Crippen LogP contribution in [0.2, 0.25) is 0 Å². The Morgan fingerprint density at radius 2 is 1.76 bits per heavy atom. The molecule has 1 aliphatic rings. The van der Waals surface area contributed by atoms with Gasteiger partial charge >= 0.3 is 0 Å². The molecule has 2 amide bonds. The molecule has 5 heteroatoms. The van der Waals surface area contributed by atoms with E-state index in [1.54, 1.807) is 18.2 Å². The standard InChI is InChI=1S/C20H23N3O2/c21-14-15-7-6-10-17(13-15)19(24)22-18(16-8-2-1-3-9-16)20(25)23-11-4-5-12-23/h1-3,6-10,13,18H,4-5,11-12,14,21H2,(H,22,24)/t18-/m1/s1. The summed E-state index contributed by atoms with van der Waals surface area (Å²) in [5.74, 6) is -0.316. The van der Waals surface area contributed by atoms with E-state index in [0.29, 0.717) is 12.1 Å². The number of rotatable bonds is 5. The lowest BCUT2D eigenvalue weighted by Gasteiger charge is -2.24. The van der Waals surface area contributed by atoms with Crippen molar-refractivity contribution in [2.45, 2.75) is 25.4 Å². The van der Waals surface area contributed by atoms with Crippen molar-refractivity contribution in [3.63, 3.8) is 0 Å². The predicted octanol–water partition coefficient (Wildman–Crippen LogP) is 2.24. The molecule has 0 bridgehead atoms. The summed E-state index contributed by atoms with van der Waals surface area (Å²) in [7, 11) is 0. The molecule has 1 heterocycles. The molecule has 25 heavy (non-hydrogen) atoms. The van der Waals surface area contributed by atoms with Gasteiger partial charge < -0.3 is 16.0 Å². The number of carbonyl (C=O) groups excluding carboxylic acids is 2. The molecule has 2 aromatic rings. The van der Waals surface area contributed by atoms with Crippen molar-refractivity contribution in [2.24, 2.45) is 5.73 Å². The van der Waals surface area contributed by atoms with Crippen molar-refractivity contribution < 1.29 is 9.59 Å². The zero-order valence-electron chi connectivity index (χ0n) is 14.2. The SMILES string of the molecule is NCc1cccc(C(=O)N[C@@H](C(=O)N2CCCC2)c2ccccc2)c1. The number of likely N-dealkylation sites (tertiary alicyclic amines) is 1. The fraction of sp³-hybridized carbons (Fsp3) is 0.300. The maximum Gasteiger partial charge on any atom is 0.252 e. The minimum Gasteiger partial charge on any atom is -0.341 e. The van der Waals surface area contributed by atoms with Crippen LogP contribution >= 0.6 is 0 Å². The van der Waals surface area contributed by atoms with Crippen LogP contribution in [0.4, 0.5) is 0 Å². The minimum absolute atomic E-state index is 0.0490. The van der Waals surface area contributed by atoms with Gasteiger partial charge in [0.05, 0.1) is 0 Å². The van der Waals surface area contributed by atoms with Gasteiger partial charge in [0.1, 0.15) is 6.04 Å². The molecule has 130 valence electrons. The largest absolute Gasteiger partial charge is 0.341 e. The van der Waals surface area contributed by atoms with Crippen LogP contribution in [-0.4, -0.2) is 29.8 Å². The van der Waals surface area contributed by atoms with Gasteiger partial charge in [0.25, 0.3) is 5.91 Å². The Labute approximate surface area is 147 Å². The lowest BCUT2D eigenvalue weighted by Crippen LogP contribution is -2.41. The molecule has 0 unspecified atom stereocenters. The van der Waals surface area contributed by atoms with Crippen molar-refractivity contribution >= 4 is 11.8 Å². The summed E-state index contributed by atoms with van der Waals surface area (Å²) in [6.07, 6.45) is 2.03. The molecule has 0 spiro atoms. The molecule has 1 fully saturated rings. The van der Waals surface area contributed by atoms with Crippen LogP contribution in [0, 0.1) is 0 Å². The fourth-order valence-corrected chi connectivity index (χ4v) is 3.11. The van der Waals surface area contributed by atoms with Gasteiger partial charge in [0.2, 0.25) is 5.91 Å². The second-order valence-electron chi connectivity index (χ2n) is 6.25. The molecule has 0 saturated carbocycles. The Morgan fingerprint density at radius 1 is 1.04 bits per heavy atom. The molecule has 3 rings (SSSR count). The Kier molecular flexibility index (Phi) is 5.46. The van der Waals surface area contributed by atoms with Crippen LogP contribution in [0.15, 0.2) is 54.6 Å². The zero-order chi connectivity index (χ0) is 17.6. The summed E-state index contributed by atoms with van der Waals surface area (Å²) >= 11 is 0. The molecular formula is C20H23N3O2. The highest BCUT2D eigenvalue weighted by molar-refractivity contribution is 5.98. The molecule has 1 saturated heterocycles. The summed E-state index contributed by atoms with van der Waals surface area (Å²) in [5, 5.41) is 2.91. The van der Waals surface area contributed by atoms with E-state index in [-0.39, 0.29) is 11.8 Å². The van der Waals surface area contributed by atoms with E-state index in [4.69, 9.17) is 5.73 Å². The van der Waals surface area contributed by atoms with Crippen molar-refractivity contribution in [1.29, 1.82) is 0 Å². The smallest absolute Gasteiger partial charge is 0.252 e. The van der Waals surface area contributed by atoms with E-state index in [2.05, 4.69) is 5.32 Å². The van der Waals surface area contributed by atoms with Gasteiger partial charge in [-0.05, 0) is 36.1 Å². The maximum absolute atomic E-state index is 12.9. The first-order valence-corrected chi connectivity index (χ1v) is 8.62. The van der Waals surface area contributed by atoms with Gasteiger partial charge in [0.15, 0.2) is 0 Å². The number of carbonyl (C=O) groups is 2. The molecule has 0 radical (unpaired) electrons. The molecule has 1 atom stereocenters. The van der Waals surface area contributed by atoms with Crippen LogP contribution in [0.25, 0.3) is 0 Å². The number of hydrogen-bond acceptors (Lipinski definition) is 3. The second-order valence-corrected chi connectivity index (χ2v) is 6.25. The Morgan fingerprint density at radius 3 is 2.44 bits per heavy atom. The van der Waals surface area contributed by atoms with Gasteiger partial charge in [-0.25, -0.2) is 0 Å². The lowest BCUT2D eigenvalue weighted by molar-refractivity contribution is -0.132. The number of nitrogens with zero attached hydrogens (tertiary/aromatic N) is 1. The van der Waals surface area contributed by atoms with Crippen LogP contribution in [0.3, 0.4) is 0 Å². The third kappa shape index (κ3) is 4.06. The van der Waals surface area contributed by atoms with Crippen LogP contribution in [-0.2, 0) is 11.3 Å². The third-order valence-electron chi connectivity index (χ3n) is 4.50. The van der Waals surface area contributed by atoms with Crippen LogP contribution < -0.4 is 11.1 Å². The number of nitrogens with one attached hydrogen (secondary N) is 1. The Balaban J connectivity index is 1.84. The van der Waals surface area contributed by atoms with E-state index in [9.17, 15) is 9.59 Å². The van der Waals surface area contributed by atoms with E-state index in [1.165, 1.54) is 0 Å². The average molecular weight is 337 g/mol. The Bertz CT molecular complexity index is 740. The van der Waals surface area contributed by atoms with Gasteiger partial charge in [-0.2, -0.15) is 0 Å². The molecule has 0 aliphatic carbocycles. The summed E-state index contributed by atoms with van der Waals surface area (Å²) in [6, 6.07) is 15.9. The van der Waals surface area contributed by atoms with E-state index < -0.39 is 6.04 Å². The average Bonchev–Trinajstić information content (AvgIpc) is 3.21. The highest BCUT2D eigenvalue weighted by atomic mass is 16.2. The first-order valence-electron chi connectivity index (χ1n) is 8.62. The minimum atomic E-state index is -0.673. The van der Waals surface area contributed by atoms with Gasteiger partial charge in [-0.1, -0.05) is 42.5 Å². The molecule has 1 aliphatic heterocycles. The summed E-state index contributed by atoms with van der Waals surface area (Å²) in [6.45, 7) is 1.87. The maximum atomic E-state index is 12.9. The number of hydrogen-bond donors (Lipinski definition) is 2. The number of benzene rings is 2. The zero-order valence-corrected chi connectivity index (χ0v) is 14.2. The fourth-order valence-electron chi connectivity index (χ4n) is 3.11. The predicted molar refractivity (Wildman–Crippen MR) is 96.8 cm³/mol. The highest BCUT2D eigenvalue weighted by Gasteiger charge is 2.29. The molecule has 5 nitrogen and oxygen atoms in total. The van der Waals surface area contributed by atoms with Crippen molar-refractivity contribution in [2.75, 3.05) is 13.1 Å². The first-order chi connectivity index (χ1) is 12.2. The Hall–Kier alpha value is -2.66. The molecule has 2 aromatic carbocycles. The normalized spacial score (nSPS) is 15.0. The van der Waals surface area contributed by atoms with E-state index in [0.717, 1.165) is 37.1 Å². The highest BCUT2D eigenvalue weighted by Crippen LogP contribution is 2.20. The number of nitrogens with two attached hydrogens (primary N) is 1. The van der Waals surface area contributed by atoms with Crippen LogP contribution in [0.5, 0.6) is 0 Å². The van der Waals surface area contributed by atoms with Crippen LogP contribution in [0.1, 0.15) is 40.4 Å². The lowest BCUT2D eigenvalue weighted by atomic mass is 10.0. The summed E-state index contributed by atoms with van der Waals surface area (Å²) < 4.78 is 0. The third-order valence-corrected chi connectivity index (χ3v) is 4.50. The van der Waals surface area contributed by atoms with Crippen molar-refractivity contribution in [3.8, 4) is 0 Å². The quantitative estimate of drug-likeness (QED) is 0.878. The monoisotopic (exact) mass is 337 g/mol. The molecular weight excluding hydrogens is 314 g/mol. The molecule has 3 N–H and O–H groups in total. The van der Waals surface area contributed by atoms with Gasteiger partial charge in [-0.3, -0.25) is 9.59 Å². The van der Waals surface area contributed by atoms with E-state index >= 15 is 0 Å². The first kappa shape index (κ1) is 17.2. The van der Waals surface area contributed by atoms with Gasteiger partial charge in [0, 0.05) is 25.2 Å². The van der Waals surface area contributed by atoms with Crippen molar-refractivity contribution in [3.05, 3.63) is 71.3 Å². The number of amides is 2.